The molecule has 0 aliphatic carbocycles. The molecule has 3 fully saturated rings. The van der Waals surface area contributed by atoms with Gasteiger partial charge in [-0.3, -0.25) is 19.3 Å². The number of nitrogens with one attached hydrogen (secondary N) is 1. The minimum Gasteiger partial charge on any atom is -0.324 e. The normalized spacial score (nSPS) is 31.4. The molecule has 6 rings (SSSR count). The van der Waals surface area contributed by atoms with E-state index in [1.54, 1.807) is 6.07 Å². The number of fused-ring (bicyclic) bond motifs is 7. The molecule has 1 spiro atoms. The van der Waals surface area contributed by atoms with Gasteiger partial charge in [0.1, 0.15) is 11.4 Å². The molecule has 4 aliphatic heterocycles. The summed E-state index contributed by atoms with van der Waals surface area (Å²) in [5.74, 6) is -3.30. The smallest absolute Gasteiger partial charge is 0.250 e. The van der Waals surface area contributed by atoms with Crippen molar-refractivity contribution in [3.05, 3.63) is 58.9 Å². The fourth-order valence-corrected chi connectivity index (χ4v) is 6.53. The Kier molecular flexibility index (Phi) is 3.62. The highest BCUT2D eigenvalue weighted by atomic mass is 19.1. The number of amides is 3. The molecule has 31 heavy (non-hydrogen) atoms. The lowest BCUT2D eigenvalue weighted by Gasteiger charge is -2.36. The fraction of sp³-hybridized carbons (Fsp3) is 0.375. The molecule has 0 radical (unpaired) electrons. The van der Waals surface area contributed by atoms with Crippen molar-refractivity contribution >= 4 is 29.1 Å². The predicted octanol–water partition coefficient (Wildman–Crippen LogP) is 2.87. The minimum absolute atomic E-state index is 0.0364. The van der Waals surface area contributed by atoms with Crippen LogP contribution in [0.1, 0.15) is 29.5 Å². The highest BCUT2D eigenvalue weighted by Crippen LogP contribution is 2.61. The number of aryl methyl sites for hydroxylation is 2. The van der Waals surface area contributed by atoms with Gasteiger partial charge in [-0.05, 0) is 50.9 Å². The van der Waals surface area contributed by atoms with E-state index in [1.165, 1.54) is 18.2 Å². The molecule has 0 bridgehead atoms. The van der Waals surface area contributed by atoms with Gasteiger partial charge in [0.05, 0.1) is 17.5 Å². The molecule has 4 aliphatic rings. The largest absolute Gasteiger partial charge is 0.324 e. The first kappa shape index (κ1) is 18.7. The average Bonchev–Trinajstić information content (AvgIpc) is 3.42. The third kappa shape index (κ3) is 2.07. The van der Waals surface area contributed by atoms with E-state index in [-0.39, 0.29) is 17.6 Å². The highest BCUT2D eigenvalue weighted by molar-refractivity contribution is 6.26. The number of nitrogens with zero attached hydrogens (tertiary/aromatic N) is 2. The molecule has 0 aromatic heterocycles. The molecule has 7 heteroatoms. The molecule has 0 unspecified atom stereocenters. The van der Waals surface area contributed by atoms with Crippen LogP contribution in [0.15, 0.2) is 36.4 Å². The standard InChI is InChI=1S/C24H22FN3O3/c1-12-10-13(2)20-14(11-12)24(23(31)26-20)19-18(17-8-5-9-27(17)24)21(29)28(22(19)30)16-7-4-3-6-15(16)25/h3-4,6-7,10-11,17-19H,5,8-9H2,1-2H3,(H,26,31)/t17-,18-,19-,24-/m1/s1. The lowest BCUT2D eigenvalue weighted by atomic mass is 9.75. The number of hydrogen-bond acceptors (Lipinski definition) is 4. The number of rotatable bonds is 1. The second kappa shape index (κ2) is 6.01. The van der Waals surface area contributed by atoms with E-state index >= 15 is 0 Å². The summed E-state index contributed by atoms with van der Waals surface area (Å²) in [5, 5.41) is 3.02. The maximum Gasteiger partial charge on any atom is 0.250 e. The Morgan fingerprint density at radius 3 is 2.65 bits per heavy atom. The molecule has 158 valence electrons. The van der Waals surface area contributed by atoms with Crippen LogP contribution < -0.4 is 10.2 Å². The SMILES string of the molecule is Cc1cc(C)c2c(c1)[C@]1(C(=O)N2)[C@H]2C(=O)N(c3ccccc3F)C(=O)[C@@H]2[C@H]2CCCN21. The van der Waals surface area contributed by atoms with E-state index in [0.717, 1.165) is 40.1 Å². The number of halogens is 1. The van der Waals surface area contributed by atoms with Gasteiger partial charge in [0.25, 0.3) is 0 Å². The number of imide groups is 1. The first-order valence-corrected chi connectivity index (χ1v) is 10.7. The molecular weight excluding hydrogens is 397 g/mol. The molecule has 2 aromatic carbocycles. The summed E-state index contributed by atoms with van der Waals surface area (Å²) < 4.78 is 14.6. The van der Waals surface area contributed by atoms with Gasteiger partial charge < -0.3 is 5.32 Å². The summed E-state index contributed by atoms with van der Waals surface area (Å²) >= 11 is 0. The highest BCUT2D eigenvalue weighted by Gasteiger charge is 2.74. The van der Waals surface area contributed by atoms with Gasteiger partial charge in [-0.25, -0.2) is 9.29 Å². The van der Waals surface area contributed by atoms with Gasteiger partial charge in [0, 0.05) is 17.3 Å². The number of hydrogen-bond donors (Lipinski definition) is 1. The first-order chi connectivity index (χ1) is 14.9. The quantitative estimate of drug-likeness (QED) is 0.722. The van der Waals surface area contributed by atoms with Gasteiger partial charge in [-0.15, -0.1) is 0 Å². The Bertz CT molecular complexity index is 1190. The number of para-hydroxylation sites is 1. The summed E-state index contributed by atoms with van der Waals surface area (Å²) in [6, 6.07) is 9.57. The maximum atomic E-state index is 14.6. The van der Waals surface area contributed by atoms with E-state index in [0.29, 0.717) is 6.54 Å². The minimum atomic E-state index is -1.23. The van der Waals surface area contributed by atoms with Crippen LogP contribution in [0.5, 0.6) is 0 Å². The van der Waals surface area contributed by atoms with Crippen molar-refractivity contribution in [2.45, 2.75) is 38.3 Å². The van der Waals surface area contributed by atoms with Crippen LogP contribution in [0.2, 0.25) is 0 Å². The first-order valence-electron chi connectivity index (χ1n) is 10.7. The monoisotopic (exact) mass is 419 g/mol. The van der Waals surface area contributed by atoms with Crippen molar-refractivity contribution in [3.63, 3.8) is 0 Å². The summed E-state index contributed by atoms with van der Waals surface area (Å²) in [6.45, 7) is 4.55. The van der Waals surface area contributed by atoms with Crippen LogP contribution in [0.3, 0.4) is 0 Å². The van der Waals surface area contributed by atoms with Crippen LogP contribution in [0.25, 0.3) is 0 Å². The second-order valence-corrected chi connectivity index (χ2v) is 9.09. The Balaban J connectivity index is 1.60. The maximum absolute atomic E-state index is 14.6. The number of carbonyl (C=O) groups excluding carboxylic acids is 3. The Labute approximate surface area is 179 Å². The third-order valence-corrected chi connectivity index (χ3v) is 7.54. The van der Waals surface area contributed by atoms with E-state index in [9.17, 15) is 18.8 Å². The van der Waals surface area contributed by atoms with Crippen LogP contribution in [-0.4, -0.2) is 35.2 Å². The van der Waals surface area contributed by atoms with Crippen LogP contribution in [-0.2, 0) is 19.9 Å². The van der Waals surface area contributed by atoms with E-state index in [4.69, 9.17) is 0 Å². The van der Waals surface area contributed by atoms with Gasteiger partial charge in [-0.1, -0.05) is 29.8 Å². The third-order valence-electron chi connectivity index (χ3n) is 7.54. The summed E-state index contributed by atoms with van der Waals surface area (Å²) in [7, 11) is 0. The molecule has 2 aromatic rings. The van der Waals surface area contributed by atoms with Gasteiger partial charge in [-0.2, -0.15) is 0 Å². The van der Waals surface area contributed by atoms with Crippen molar-refractivity contribution in [1.82, 2.24) is 4.90 Å². The van der Waals surface area contributed by atoms with Gasteiger partial charge in [0.15, 0.2) is 0 Å². The summed E-state index contributed by atoms with van der Waals surface area (Å²) in [5.41, 5.74) is 2.16. The van der Waals surface area contributed by atoms with E-state index < -0.39 is 35.0 Å². The molecule has 3 amide bonds. The van der Waals surface area contributed by atoms with Crippen molar-refractivity contribution < 1.29 is 18.8 Å². The van der Waals surface area contributed by atoms with Gasteiger partial charge >= 0.3 is 0 Å². The van der Waals surface area contributed by atoms with Crippen LogP contribution >= 0.6 is 0 Å². The van der Waals surface area contributed by atoms with Crippen molar-refractivity contribution in [3.8, 4) is 0 Å². The Morgan fingerprint density at radius 1 is 1.10 bits per heavy atom. The zero-order valence-electron chi connectivity index (χ0n) is 17.3. The molecule has 6 nitrogen and oxygen atoms in total. The number of carbonyl (C=O) groups is 3. The second-order valence-electron chi connectivity index (χ2n) is 9.09. The lowest BCUT2D eigenvalue weighted by molar-refractivity contribution is -0.135. The Hall–Kier alpha value is -3.06. The van der Waals surface area contributed by atoms with E-state index in [2.05, 4.69) is 10.2 Å². The van der Waals surface area contributed by atoms with Crippen molar-refractivity contribution in [2.75, 3.05) is 16.8 Å². The molecule has 4 atom stereocenters. The zero-order chi connectivity index (χ0) is 21.7. The molecule has 4 heterocycles. The molecule has 1 N–H and O–H groups in total. The van der Waals surface area contributed by atoms with Crippen molar-refractivity contribution in [1.29, 1.82) is 0 Å². The number of anilines is 2. The van der Waals surface area contributed by atoms with Crippen molar-refractivity contribution in [2.24, 2.45) is 11.8 Å². The van der Waals surface area contributed by atoms with Crippen LogP contribution in [0, 0.1) is 31.5 Å². The fourth-order valence-electron chi connectivity index (χ4n) is 6.53. The zero-order valence-corrected chi connectivity index (χ0v) is 17.3. The molecular formula is C24H22FN3O3. The van der Waals surface area contributed by atoms with E-state index in [1.807, 2.05) is 26.0 Å². The van der Waals surface area contributed by atoms with Gasteiger partial charge in [0.2, 0.25) is 17.7 Å². The molecule has 3 saturated heterocycles. The lowest BCUT2D eigenvalue weighted by Crippen LogP contribution is -2.54. The predicted molar refractivity (Wildman–Crippen MR) is 112 cm³/mol. The van der Waals surface area contributed by atoms with Crippen LogP contribution in [0.4, 0.5) is 15.8 Å². The topological polar surface area (TPSA) is 69.7 Å². The summed E-state index contributed by atoms with van der Waals surface area (Å²) in [4.78, 5) is 44.1. The average molecular weight is 419 g/mol. The number of benzene rings is 2. The Morgan fingerprint density at radius 2 is 1.87 bits per heavy atom. The summed E-state index contributed by atoms with van der Waals surface area (Å²) in [6.07, 6.45) is 1.59. The molecule has 0 saturated carbocycles.